The summed E-state index contributed by atoms with van der Waals surface area (Å²) in [4.78, 5) is 4.40. The average molecular weight is 271 g/mol. The lowest BCUT2D eigenvalue weighted by molar-refractivity contribution is 0.0714. The fraction of sp³-hybridized carbons (Fsp3) is 0.846. The van der Waals surface area contributed by atoms with Crippen molar-refractivity contribution in [2.45, 2.75) is 39.2 Å². The van der Waals surface area contributed by atoms with Gasteiger partial charge >= 0.3 is 0 Å². The highest BCUT2D eigenvalue weighted by atomic mass is 16.5. The van der Waals surface area contributed by atoms with Crippen LogP contribution in [0.15, 0.2) is 4.52 Å². The molecule has 0 aliphatic heterocycles. The summed E-state index contributed by atoms with van der Waals surface area (Å²) < 4.78 is 15.6. The maximum absolute atomic E-state index is 5.97. The van der Waals surface area contributed by atoms with Crippen molar-refractivity contribution in [1.29, 1.82) is 0 Å². The summed E-state index contributed by atoms with van der Waals surface area (Å²) >= 11 is 0. The Balaban J connectivity index is 2.47. The number of methoxy groups -OCH3 is 1. The SMILES string of the molecule is COCCOCCc1noc(C(C(C)C)C(C)N)n1. The standard InChI is InChI=1S/C13H25N3O3/c1-9(2)12(10(3)14)13-15-11(16-19-13)5-6-18-8-7-17-4/h9-10,12H,5-8,14H2,1-4H3. The average Bonchev–Trinajstić information content (AvgIpc) is 2.76. The van der Waals surface area contributed by atoms with Gasteiger partial charge in [0.2, 0.25) is 5.89 Å². The van der Waals surface area contributed by atoms with Gasteiger partial charge < -0.3 is 19.7 Å². The van der Waals surface area contributed by atoms with Crippen LogP contribution >= 0.6 is 0 Å². The summed E-state index contributed by atoms with van der Waals surface area (Å²) in [5.41, 5.74) is 5.97. The molecule has 6 heteroatoms. The first kappa shape index (κ1) is 16.1. The van der Waals surface area contributed by atoms with E-state index in [0.29, 0.717) is 43.9 Å². The van der Waals surface area contributed by atoms with Crippen molar-refractivity contribution >= 4 is 0 Å². The minimum atomic E-state index is -0.00810. The van der Waals surface area contributed by atoms with Gasteiger partial charge in [-0.3, -0.25) is 0 Å². The largest absolute Gasteiger partial charge is 0.382 e. The lowest BCUT2D eigenvalue weighted by Crippen LogP contribution is -2.28. The zero-order chi connectivity index (χ0) is 14.3. The van der Waals surface area contributed by atoms with E-state index in [1.54, 1.807) is 7.11 Å². The van der Waals surface area contributed by atoms with Crippen molar-refractivity contribution in [3.05, 3.63) is 11.7 Å². The van der Waals surface area contributed by atoms with Gasteiger partial charge in [-0.25, -0.2) is 0 Å². The third kappa shape index (κ3) is 5.26. The Morgan fingerprint density at radius 2 is 1.95 bits per heavy atom. The molecule has 0 spiro atoms. The first-order valence-corrected chi connectivity index (χ1v) is 6.71. The lowest BCUT2D eigenvalue weighted by atomic mass is 9.90. The van der Waals surface area contributed by atoms with Gasteiger partial charge in [0.15, 0.2) is 5.82 Å². The molecule has 0 saturated heterocycles. The number of ether oxygens (including phenoxy) is 2. The maximum Gasteiger partial charge on any atom is 0.231 e. The van der Waals surface area contributed by atoms with E-state index >= 15 is 0 Å². The molecule has 1 rings (SSSR count). The van der Waals surface area contributed by atoms with Crippen LogP contribution < -0.4 is 5.73 Å². The van der Waals surface area contributed by atoms with Gasteiger partial charge in [0.05, 0.1) is 25.7 Å². The Kier molecular flexibility index (Phi) is 6.97. The number of nitrogens with two attached hydrogens (primary N) is 1. The first-order valence-electron chi connectivity index (χ1n) is 6.71. The van der Waals surface area contributed by atoms with E-state index in [-0.39, 0.29) is 12.0 Å². The summed E-state index contributed by atoms with van der Waals surface area (Å²) in [6, 6.07) is -0.00810. The molecule has 1 aromatic heterocycles. The molecule has 110 valence electrons. The lowest BCUT2D eigenvalue weighted by Gasteiger charge is -2.20. The maximum atomic E-state index is 5.97. The molecule has 0 saturated carbocycles. The van der Waals surface area contributed by atoms with E-state index in [1.165, 1.54) is 0 Å². The number of nitrogens with zero attached hydrogens (tertiary/aromatic N) is 2. The van der Waals surface area contributed by atoms with Gasteiger partial charge in [0.1, 0.15) is 0 Å². The predicted molar refractivity (Wildman–Crippen MR) is 71.9 cm³/mol. The Morgan fingerprint density at radius 3 is 2.53 bits per heavy atom. The summed E-state index contributed by atoms with van der Waals surface area (Å²) in [5, 5.41) is 3.97. The van der Waals surface area contributed by atoms with E-state index in [9.17, 15) is 0 Å². The molecule has 1 aromatic rings. The molecule has 0 amide bonds. The highest BCUT2D eigenvalue weighted by Crippen LogP contribution is 2.25. The van der Waals surface area contributed by atoms with Crippen molar-refractivity contribution in [3.63, 3.8) is 0 Å². The van der Waals surface area contributed by atoms with E-state index in [4.69, 9.17) is 19.7 Å². The summed E-state index contributed by atoms with van der Waals surface area (Å²) in [7, 11) is 1.65. The smallest absolute Gasteiger partial charge is 0.231 e. The molecule has 0 radical (unpaired) electrons. The Morgan fingerprint density at radius 1 is 1.21 bits per heavy atom. The number of rotatable bonds is 9. The van der Waals surface area contributed by atoms with Crippen LogP contribution in [0.3, 0.4) is 0 Å². The normalized spacial score (nSPS) is 14.8. The fourth-order valence-electron chi connectivity index (χ4n) is 2.03. The van der Waals surface area contributed by atoms with Crippen LogP contribution in [0.2, 0.25) is 0 Å². The topological polar surface area (TPSA) is 83.4 Å². The van der Waals surface area contributed by atoms with Crippen LogP contribution in [0.4, 0.5) is 0 Å². The van der Waals surface area contributed by atoms with Crippen LogP contribution in [0.25, 0.3) is 0 Å². The number of hydrogen-bond donors (Lipinski definition) is 1. The summed E-state index contributed by atoms with van der Waals surface area (Å²) in [6.07, 6.45) is 0.636. The second-order valence-corrected chi connectivity index (χ2v) is 5.03. The predicted octanol–water partition coefficient (Wildman–Crippen LogP) is 1.36. The Bertz CT molecular complexity index is 345. The molecule has 2 atom stereocenters. The van der Waals surface area contributed by atoms with Crippen molar-refractivity contribution in [2.24, 2.45) is 11.7 Å². The molecule has 19 heavy (non-hydrogen) atoms. The molecule has 0 aliphatic rings. The highest BCUT2D eigenvalue weighted by Gasteiger charge is 2.25. The van der Waals surface area contributed by atoms with Crippen molar-refractivity contribution in [2.75, 3.05) is 26.9 Å². The molecule has 0 fully saturated rings. The van der Waals surface area contributed by atoms with Gasteiger partial charge in [-0.2, -0.15) is 4.98 Å². The van der Waals surface area contributed by atoms with Crippen LogP contribution in [0.1, 0.15) is 38.4 Å². The van der Waals surface area contributed by atoms with Crippen molar-refractivity contribution in [3.8, 4) is 0 Å². The highest BCUT2D eigenvalue weighted by molar-refractivity contribution is 4.99. The molecular formula is C13H25N3O3. The van der Waals surface area contributed by atoms with Crippen molar-refractivity contribution in [1.82, 2.24) is 10.1 Å². The quantitative estimate of drug-likeness (QED) is 0.683. The van der Waals surface area contributed by atoms with Gasteiger partial charge in [-0.05, 0) is 12.8 Å². The molecule has 2 unspecified atom stereocenters. The third-order valence-corrected chi connectivity index (χ3v) is 2.96. The molecule has 0 aromatic carbocycles. The van der Waals surface area contributed by atoms with Gasteiger partial charge in [0.25, 0.3) is 0 Å². The molecular weight excluding hydrogens is 246 g/mol. The van der Waals surface area contributed by atoms with E-state index in [0.717, 1.165) is 0 Å². The number of aromatic nitrogens is 2. The van der Waals surface area contributed by atoms with Crippen LogP contribution in [0, 0.1) is 5.92 Å². The number of hydrogen-bond acceptors (Lipinski definition) is 6. The van der Waals surface area contributed by atoms with E-state index in [1.807, 2.05) is 6.92 Å². The van der Waals surface area contributed by atoms with E-state index in [2.05, 4.69) is 24.0 Å². The van der Waals surface area contributed by atoms with Gasteiger partial charge in [-0.1, -0.05) is 19.0 Å². The Labute approximate surface area is 114 Å². The fourth-order valence-corrected chi connectivity index (χ4v) is 2.03. The molecule has 0 aliphatic carbocycles. The van der Waals surface area contributed by atoms with Crippen LogP contribution in [-0.2, 0) is 15.9 Å². The molecule has 1 heterocycles. The minimum Gasteiger partial charge on any atom is -0.382 e. The van der Waals surface area contributed by atoms with Crippen molar-refractivity contribution < 1.29 is 14.0 Å². The zero-order valence-electron chi connectivity index (χ0n) is 12.3. The monoisotopic (exact) mass is 271 g/mol. The Hall–Kier alpha value is -0.980. The second kappa shape index (κ2) is 8.24. The van der Waals surface area contributed by atoms with Crippen LogP contribution in [-0.4, -0.2) is 43.1 Å². The molecule has 6 nitrogen and oxygen atoms in total. The van der Waals surface area contributed by atoms with E-state index < -0.39 is 0 Å². The van der Waals surface area contributed by atoms with Gasteiger partial charge in [-0.15, -0.1) is 0 Å². The minimum absolute atomic E-state index is 0.00810. The molecule has 0 bridgehead atoms. The summed E-state index contributed by atoms with van der Waals surface area (Å²) in [5.74, 6) is 1.75. The third-order valence-electron chi connectivity index (χ3n) is 2.96. The second-order valence-electron chi connectivity index (χ2n) is 5.03. The first-order chi connectivity index (χ1) is 9.06. The summed E-state index contributed by atoms with van der Waals surface area (Å²) in [6.45, 7) is 7.90. The van der Waals surface area contributed by atoms with Crippen LogP contribution in [0.5, 0.6) is 0 Å². The zero-order valence-corrected chi connectivity index (χ0v) is 12.3. The van der Waals surface area contributed by atoms with Gasteiger partial charge in [0, 0.05) is 19.6 Å². The molecule has 2 N–H and O–H groups in total.